The van der Waals surface area contributed by atoms with Gasteiger partial charge in [0.25, 0.3) is 5.69 Å². The standard InChI is InChI=1S/C11H8Br2N2O3/c12-8-3-4-18-11(8)6-14-7-1-2-10(15(16)17)9(13)5-7/h1-5,14H,6H2. The van der Waals surface area contributed by atoms with E-state index in [9.17, 15) is 10.1 Å². The Kier molecular flexibility index (Phi) is 4.03. The summed E-state index contributed by atoms with van der Waals surface area (Å²) in [4.78, 5) is 10.2. The number of furan rings is 1. The van der Waals surface area contributed by atoms with Gasteiger partial charge in [0.15, 0.2) is 0 Å². The van der Waals surface area contributed by atoms with Crippen LogP contribution in [0.2, 0.25) is 0 Å². The van der Waals surface area contributed by atoms with E-state index < -0.39 is 4.92 Å². The van der Waals surface area contributed by atoms with Gasteiger partial charge in [-0.25, -0.2) is 0 Å². The lowest BCUT2D eigenvalue weighted by atomic mass is 10.3. The Balaban J connectivity index is 2.09. The van der Waals surface area contributed by atoms with Crippen molar-refractivity contribution in [3.05, 3.63) is 55.3 Å². The summed E-state index contributed by atoms with van der Waals surface area (Å²) in [6.07, 6.45) is 1.59. The normalized spacial score (nSPS) is 10.3. The van der Waals surface area contributed by atoms with Crippen LogP contribution in [0, 0.1) is 10.1 Å². The zero-order valence-corrected chi connectivity index (χ0v) is 12.2. The number of halogens is 2. The maximum Gasteiger partial charge on any atom is 0.283 e. The highest BCUT2D eigenvalue weighted by Crippen LogP contribution is 2.28. The van der Waals surface area contributed by atoms with Gasteiger partial charge in [-0.2, -0.15) is 0 Å². The van der Waals surface area contributed by atoms with Crippen LogP contribution in [0.15, 0.2) is 43.9 Å². The van der Waals surface area contributed by atoms with Crippen molar-refractivity contribution in [2.75, 3.05) is 5.32 Å². The molecule has 0 aliphatic heterocycles. The second-order valence-electron chi connectivity index (χ2n) is 3.47. The molecule has 0 saturated heterocycles. The third kappa shape index (κ3) is 2.91. The number of anilines is 1. The Morgan fingerprint density at radius 1 is 1.28 bits per heavy atom. The van der Waals surface area contributed by atoms with Gasteiger partial charge < -0.3 is 9.73 Å². The van der Waals surface area contributed by atoms with E-state index in [4.69, 9.17) is 4.42 Å². The first kappa shape index (κ1) is 13.1. The highest BCUT2D eigenvalue weighted by Gasteiger charge is 2.11. The number of hydrogen-bond donors (Lipinski definition) is 1. The van der Waals surface area contributed by atoms with E-state index in [2.05, 4.69) is 37.2 Å². The molecule has 0 spiro atoms. The lowest BCUT2D eigenvalue weighted by molar-refractivity contribution is -0.385. The molecule has 1 aromatic heterocycles. The SMILES string of the molecule is O=[N+]([O-])c1ccc(NCc2occc2Br)cc1Br. The first-order valence-electron chi connectivity index (χ1n) is 4.97. The maximum atomic E-state index is 10.7. The summed E-state index contributed by atoms with van der Waals surface area (Å²) in [7, 11) is 0. The molecule has 1 aromatic carbocycles. The van der Waals surface area contributed by atoms with E-state index >= 15 is 0 Å². The number of rotatable bonds is 4. The smallest absolute Gasteiger partial charge is 0.283 e. The van der Waals surface area contributed by atoms with E-state index in [0.29, 0.717) is 11.0 Å². The minimum Gasteiger partial charge on any atom is -0.466 e. The van der Waals surface area contributed by atoms with Crippen LogP contribution in [0.3, 0.4) is 0 Å². The van der Waals surface area contributed by atoms with Gasteiger partial charge in [-0.05, 0) is 50.1 Å². The molecule has 0 amide bonds. The summed E-state index contributed by atoms with van der Waals surface area (Å²) < 4.78 is 6.57. The zero-order valence-electron chi connectivity index (χ0n) is 9.02. The molecular weight excluding hydrogens is 368 g/mol. The highest BCUT2D eigenvalue weighted by molar-refractivity contribution is 9.10. The number of benzene rings is 1. The fraction of sp³-hybridized carbons (Fsp3) is 0.0909. The molecule has 0 unspecified atom stereocenters. The molecular formula is C11H8Br2N2O3. The quantitative estimate of drug-likeness (QED) is 0.638. The van der Waals surface area contributed by atoms with Crippen LogP contribution in [0.5, 0.6) is 0 Å². The Labute approximate surface area is 120 Å². The van der Waals surface area contributed by atoms with Gasteiger partial charge in [0.1, 0.15) is 5.76 Å². The average Bonchev–Trinajstić information content (AvgIpc) is 2.72. The molecule has 0 fully saturated rings. The molecule has 5 nitrogen and oxygen atoms in total. The van der Waals surface area contributed by atoms with Crippen molar-refractivity contribution in [1.82, 2.24) is 0 Å². The minimum absolute atomic E-state index is 0.0414. The Morgan fingerprint density at radius 2 is 2.06 bits per heavy atom. The van der Waals surface area contributed by atoms with Crippen molar-refractivity contribution in [2.45, 2.75) is 6.54 Å². The molecule has 1 N–H and O–H groups in total. The van der Waals surface area contributed by atoms with E-state index in [-0.39, 0.29) is 5.69 Å². The Morgan fingerprint density at radius 3 is 2.61 bits per heavy atom. The van der Waals surface area contributed by atoms with Gasteiger partial charge in [0, 0.05) is 11.8 Å². The summed E-state index contributed by atoms with van der Waals surface area (Å²) in [6, 6.07) is 6.57. The molecule has 1 heterocycles. The number of nitrogens with zero attached hydrogens (tertiary/aromatic N) is 1. The molecule has 94 valence electrons. The molecule has 18 heavy (non-hydrogen) atoms. The van der Waals surface area contributed by atoms with Crippen LogP contribution in [-0.4, -0.2) is 4.92 Å². The number of hydrogen-bond acceptors (Lipinski definition) is 4. The lowest BCUT2D eigenvalue weighted by Gasteiger charge is -2.05. The van der Waals surface area contributed by atoms with Crippen molar-refractivity contribution in [2.24, 2.45) is 0 Å². The Hall–Kier alpha value is -1.34. The van der Waals surface area contributed by atoms with Gasteiger partial charge in [-0.1, -0.05) is 0 Å². The largest absolute Gasteiger partial charge is 0.466 e. The predicted octanol–water partition coefficient (Wildman–Crippen LogP) is 4.32. The number of nitro groups is 1. The third-order valence-electron chi connectivity index (χ3n) is 2.29. The van der Waals surface area contributed by atoms with Crippen LogP contribution in [0.4, 0.5) is 11.4 Å². The topological polar surface area (TPSA) is 68.3 Å². The van der Waals surface area contributed by atoms with Crippen LogP contribution in [0.25, 0.3) is 0 Å². The van der Waals surface area contributed by atoms with Crippen molar-refractivity contribution in [1.29, 1.82) is 0 Å². The minimum atomic E-state index is -0.434. The van der Waals surface area contributed by atoms with E-state index in [1.54, 1.807) is 18.4 Å². The van der Waals surface area contributed by atoms with Gasteiger partial charge >= 0.3 is 0 Å². The van der Waals surface area contributed by atoms with Gasteiger partial charge in [-0.3, -0.25) is 10.1 Å². The average molecular weight is 376 g/mol. The monoisotopic (exact) mass is 374 g/mol. The van der Waals surface area contributed by atoms with Gasteiger partial charge in [0.2, 0.25) is 0 Å². The van der Waals surface area contributed by atoms with Crippen LogP contribution in [-0.2, 0) is 6.54 Å². The maximum absolute atomic E-state index is 10.7. The second-order valence-corrected chi connectivity index (χ2v) is 5.18. The predicted molar refractivity (Wildman–Crippen MR) is 74.5 cm³/mol. The molecule has 0 radical (unpaired) electrons. The van der Waals surface area contributed by atoms with Crippen molar-refractivity contribution in [3.63, 3.8) is 0 Å². The van der Waals surface area contributed by atoms with Crippen LogP contribution in [0.1, 0.15) is 5.76 Å². The summed E-state index contributed by atoms with van der Waals surface area (Å²) in [5.74, 6) is 0.768. The van der Waals surface area contributed by atoms with E-state index in [0.717, 1.165) is 15.9 Å². The van der Waals surface area contributed by atoms with Gasteiger partial charge in [-0.15, -0.1) is 0 Å². The molecule has 7 heteroatoms. The molecule has 2 rings (SSSR count). The molecule has 0 bridgehead atoms. The fourth-order valence-electron chi connectivity index (χ4n) is 1.40. The third-order valence-corrected chi connectivity index (χ3v) is 3.63. The summed E-state index contributed by atoms with van der Waals surface area (Å²) in [5, 5.41) is 13.8. The molecule has 0 atom stereocenters. The van der Waals surface area contributed by atoms with Crippen molar-refractivity contribution in [3.8, 4) is 0 Å². The van der Waals surface area contributed by atoms with E-state index in [1.165, 1.54) is 6.07 Å². The second kappa shape index (κ2) is 5.53. The number of nitro benzene ring substituents is 1. The van der Waals surface area contributed by atoms with Crippen molar-refractivity contribution >= 4 is 43.2 Å². The zero-order chi connectivity index (χ0) is 13.1. The van der Waals surface area contributed by atoms with Crippen LogP contribution < -0.4 is 5.32 Å². The van der Waals surface area contributed by atoms with Crippen molar-refractivity contribution < 1.29 is 9.34 Å². The van der Waals surface area contributed by atoms with Crippen LogP contribution >= 0.6 is 31.9 Å². The summed E-state index contributed by atoms with van der Waals surface area (Å²) >= 11 is 6.52. The lowest BCUT2D eigenvalue weighted by Crippen LogP contribution is -1.99. The molecule has 0 aliphatic rings. The van der Waals surface area contributed by atoms with E-state index in [1.807, 2.05) is 6.07 Å². The highest BCUT2D eigenvalue weighted by atomic mass is 79.9. The first-order valence-corrected chi connectivity index (χ1v) is 6.56. The fourth-order valence-corrected chi connectivity index (χ4v) is 2.26. The molecule has 0 saturated carbocycles. The summed E-state index contributed by atoms with van der Waals surface area (Å²) in [5.41, 5.74) is 0.815. The number of nitrogens with one attached hydrogen (secondary N) is 1. The van der Waals surface area contributed by atoms with Gasteiger partial charge in [0.05, 0.1) is 26.7 Å². The molecule has 0 aliphatic carbocycles. The summed E-state index contributed by atoms with van der Waals surface area (Å²) in [6.45, 7) is 0.498. The first-order chi connectivity index (χ1) is 8.58. The molecule has 2 aromatic rings. The Bertz CT molecular complexity index is 583.